The summed E-state index contributed by atoms with van der Waals surface area (Å²) in [6, 6.07) is 3.72. The van der Waals surface area contributed by atoms with E-state index in [1.54, 1.807) is 6.07 Å². The molecule has 0 amide bonds. The molecule has 1 atom stereocenters. The predicted molar refractivity (Wildman–Crippen MR) is 58.9 cm³/mol. The largest absolute Gasteiger partial charge is 0.449 e. The van der Waals surface area contributed by atoms with Crippen LogP contribution in [0.25, 0.3) is 0 Å². The fraction of sp³-hybridized carbons (Fsp3) is 0.600. The van der Waals surface area contributed by atoms with E-state index in [-0.39, 0.29) is 0 Å². The van der Waals surface area contributed by atoms with Crippen LogP contribution in [-0.4, -0.2) is 18.5 Å². The van der Waals surface area contributed by atoms with E-state index in [1.165, 1.54) is 12.8 Å². The molecule has 1 fully saturated rings. The van der Waals surface area contributed by atoms with Crippen LogP contribution < -0.4 is 0 Å². The van der Waals surface area contributed by atoms with Gasteiger partial charge in [-0.3, -0.25) is 0 Å². The zero-order valence-electron chi connectivity index (χ0n) is 7.87. The molecule has 1 aliphatic rings. The highest BCUT2D eigenvalue weighted by Gasteiger charge is 2.20. The predicted octanol–water partition coefficient (Wildman–Crippen LogP) is 3.35. The highest BCUT2D eigenvalue weighted by Crippen LogP contribution is 2.21. The van der Waals surface area contributed by atoms with Crippen LogP contribution in [0.1, 0.15) is 18.6 Å². The van der Waals surface area contributed by atoms with Crippen molar-refractivity contribution in [3.05, 3.63) is 23.1 Å². The summed E-state index contributed by atoms with van der Waals surface area (Å²) in [6.45, 7) is 0.971. The van der Waals surface area contributed by atoms with Crippen molar-refractivity contribution in [1.82, 2.24) is 0 Å². The van der Waals surface area contributed by atoms with Crippen LogP contribution >= 0.6 is 23.4 Å². The maximum Gasteiger partial charge on any atom is 0.193 e. The van der Waals surface area contributed by atoms with E-state index >= 15 is 0 Å². The van der Waals surface area contributed by atoms with E-state index in [1.807, 2.05) is 17.8 Å². The first-order chi connectivity index (χ1) is 6.84. The van der Waals surface area contributed by atoms with Crippen LogP contribution in [-0.2, 0) is 10.5 Å². The highest BCUT2D eigenvalue weighted by molar-refractivity contribution is 7.98. The van der Waals surface area contributed by atoms with Gasteiger partial charge >= 0.3 is 0 Å². The molecule has 78 valence electrons. The number of hydrogen-bond acceptors (Lipinski definition) is 3. The average molecular weight is 233 g/mol. The number of epoxide rings is 1. The molecule has 0 spiro atoms. The Labute approximate surface area is 92.9 Å². The van der Waals surface area contributed by atoms with Crippen molar-refractivity contribution in [3.8, 4) is 0 Å². The molecule has 0 aromatic carbocycles. The van der Waals surface area contributed by atoms with E-state index < -0.39 is 0 Å². The molecular formula is C10H13ClO2S. The summed E-state index contributed by atoms with van der Waals surface area (Å²) >= 11 is 7.54. The molecule has 2 rings (SSSR count). The zero-order valence-corrected chi connectivity index (χ0v) is 9.44. The van der Waals surface area contributed by atoms with Gasteiger partial charge in [-0.1, -0.05) is 0 Å². The van der Waals surface area contributed by atoms with Crippen LogP contribution in [0.5, 0.6) is 0 Å². The molecule has 0 bridgehead atoms. The van der Waals surface area contributed by atoms with Crippen molar-refractivity contribution in [2.24, 2.45) is 0 Å². The highest BCUT2D eigenvalue weighted by atomic mass is 35.5. The quantitative estimate of drug-likeness (QED) is 0.556. The lowest BCUT2D eigenvalue weighted by Crippen LogP contribution is -1.87. The van der Waals surface area contributed by atoms with E-state index in [0.717, 1.165) is 23.9 Å². The third-order valence-corrected chi connectivity index (χ3v) is 3.36. The van der Waals surface area contributed by atoms with Crippen molar-refractivity contribution < 1.29 is 9.15 Å². The summed E-state index contributed by atoms with van der Waals surface area (Å²) < 4.78 is 10.4. The van der Waals surface area contributed by atoms with Crippen LogP contribution in [0, 0.1) is 0 Å². The lowest BCUT2D eigenvalue weighted by atomic mass is 10.3. The smallest absolute Gasteiger partial charge is 0.193 e. The standard InChI is InChI=1S/C10H13ClO2S/c11-10-4-3-9(13-10)7-14-5-1-2-8-6-12-8/h3-4,8H,1-2,5-7H2. The summed E-state index contributed by atoms with van der Waals surface area (Å²) in [6.07, 6.45) is 2.99. The van der Waals surface area contributed by atoms with Gasteiger partial charge in [-0.2, -0.15) is 11.8 Å². The van der Waals surface area contributed by atoms with Gasteiger partial charge in [-0.15, -0.1) is 0 Å². The van der Waals surface area contributed by atoms with E-state index in [2.05, 4.69) is 0 Å². The van der Waals surface area contributed by atoms with Crippen molar-refractivity contribution in [1.29, 1.82) is 0 Å². The molecule has 1 aromatic heterocycles. The Kier molecular flexibility index (Phi) is 3.79. The average Bonchev–Trinajstić information content (AvgIpc) is 2.89. The molecule has 2 nitrogen and oxygen atoms in total. The van der Waals surface area contributed by atoms with Gasteiger partial charge < -0.3 is 9.15 Å². The van der Waals surface area contributed by atoms with Crippen LogP contribution in [0.2, 0.25) is 5.22 Å². The molecule has 1 saturated heterocycles. The Morgan fingerprint density at radius 2 is 2.36 bits per heavy atom. The van der Waals surface area contributed by atoms with Crippen molar-refractivity contribution >= 4 is 23.4 Å². The molecule has 0 saturated carbocycles. The summed E-state index contributed by atoms with van der Waals surface area (Å²) in [5.41, 5.74) is 0. The number of rotatable bonds is 6. The minimum atomic E-state index is 0.479. The number of ether oxygens (including phenoxy) is 1. The topological polar surface area (TPSA) is 25.7 Å². The minimum Gasteiger partial charge on any atom is -0.449 e. The number of halogens is 1. The van der Waals surface area contributed by atoms with Gasteiger partial charge in [0.05, 0.1) is 18.5 Å². The number of thioether (sulfide) groups is 1. The first-order valence-electron chi connectivity index (χ1n) is 4.78. The molecule has 0 radical (unpaired) electrons. The third kappa shape index (κ3) is 3.56. The van der Waals surface area contributed by atoms with Gasteiger partial charge in [0.1, 0.15) is 5.76 Å². The van der Waals surface area contributed by atoms with Crippen LogP contribution in [0.4, 0.5) is 0 Å². The first kappa shape index (κ1) is 10.4. The van der Waals surface area contributed by atoms with Crippen LogP contribution in [0.3, 0.4) is 0 Å². The van der Waals surface area contributed by atoms with Gasteiger partial charge in [0.15, 0.2) is 5.22 Å². The van der Waals surface area contributed by atoms with E-state index in [0.29, 0.717) is 11.3 Å². The molecule has 1 aromatic rings. The fourth-order valence-electron chi connectivity index (χ4n) is 1.25. The first-order valence-corrected chi connectivity index (χ1v) is 6.31. The molecule has 14 heavy (non-hydrogen) atoms. The van der Waals surface area contributed by atoms with Crippen molar-refractivity contribution in [2.75, 3.05) is 12.4 Å². The SMILES string of the molecule is Clc1ccc(CSCCCC2CO2)o1. The Morgan fingerprint density at radius 3 is 3.00 bits per heavy atom. The Morgan fingerprint density at radius 1 is 1.50 bits per heavy atom. The molecule has 1 unspecified atom stereocenters. The number of hydrogen-bond donors (Lipinski definition) is 0. The summed E-state index contributed by atoms with van der Waals surface area (Å²) in [5.74, 6) is 3.04. The Bertz CT molecular complexity index is 283. The normalized spacial score (nSPS) is 19.9. The van der Waals surface area contributed by atoms with Gasteiger partial charge in [0.2, 0.25) is 0 Å². The van der Waals surface area contributed by atoms with Crippen molar-refractivity contribution in [3.63, 3.8) is 0 Å². The second kappa shape index (κ2) is 5.10. The Hall–Kier alpha value is -0.120. The van der Waals surface area contributed by atoms with E-state index in [9.17, 15) is 0 Å². The maximum absolute atomic E-state index is 5.66. The molecule has 0 N–H and O–H groups in total. The molecule has 0 aliphatic carbocycles. The third-order valence-electron chi connectivity index (χ3n) is 2.09. The maximum atomic E-state index is 5.66. The van der Waals surface area contributed by atoms with Gasteiger partial charge in [0.25, 0.3) is 0 Å². The molecule has 1 aliphatic heterocycles. The fourth-order valence-corrected chi connectivity index (χ4v) is 2.28. The summed E-state index contributed by atoms with van der Waals surface area (Å²) in [5, 5.41) is 0.479. The van der Waals surface area contributed by atoms with Crippen molar-refractivity contribution in [2.45, 2.75) is 24.7 Å². The second-order valence-corrected chi connectivity index (χ2v) is 4.83. The lowest BCUT2D eigenvalue weighted by molar-refractivity contribution is 0.395. The van der Waals surface area contributed by atoms with Crippen LogP contribution in [0.15, 0.2) is 16.5 Å². The molecule has 4 heteroatoms. The van der Waals surface area contributed by atoms with E-state index in [4.69, 9.17) is 20.8 Å². The summed E-state index contributed by atoms with van der Waals surface area (Å²) in [7, 11) is 0. The monoisotopic (exact) mass is 232 g/mol. The molecular weight excluding hydrogens is 220 g/mol. The second-order valence-electron chi connectivity index (χ2n) is 3.36. The number of furan rings is 1. The minimum absolute atomic E-state index is 0.479. The lowest BCUT2D eigenvalue weighted by Gasteiger charge is -1.97. The van der Waals surface area contributed by atoms with Gasteiger partial charge in [-0.05, 0) is 42.3 Å². The molecule has 2 heterocycles. The summed E-state index contributed by atoms with van der Waals surface area (Å²) in [4.78, 5) is 0. The Balaban J connectivity index is 1.53. The zero-order chi connectivity index (χ0) is 9.80. The van der Waals surface area contributed by atoms with Gasteiger partial charge in [0, 0.05) is 0 Å². The van der Waals surface area contributed by atoms with Gasteiger partial charge in [-0.25, -0.2) is 0 Å².